The van der Waals surface area contributed by atoms with Crippen LogP contribution in [0.25, 0.3) is 0 Å². The molecule has 0 fully saturated rings. The van der Waals surface area contributed by atoms with Crippen LogP contribution in [0, 0.1) is 13.8 Å². The molecule has 0 saturated carbocycles. The second-order valence-electron chi connectivity index (χ2n) is 6.83. The minimum atomic E-state index is -0.485. The first-order valence-electron chi connectivity index (χ1n) is 9.15. The fourth-order valence-corrected chi connectivity index (χ4v) is 3.78. The summed E-state index contributed by atoms with van der Waals surface area (Å²) < 4.78 is 0. The van der Waals surface area contributed by atoms with Crippen molar-refractivity contribution in [3.8, 4) is 0 Å². The van der Waals surface area contributed by atoms with Crippen LogP contribution >= 0.6 is 23.2 Å². The van der Waals surface area contributed by atoms with Crippen LogP contribution in [0.2, 0.25) is 10.0 Å². The zero-order valence-corrected chi connectivity index (χ0v) is 17.4. The molecule has 1 atom stereocenters. The summed E-state index contributed by atoms with van der Waals surface area (Å²) in [5.41, 5.74) is 4.91. The van der Waals surface area contributed by atoms with Gasteiger partial charge in [-0.2, -0.15) is 0 Å². The van der Waals surface area contributed by atoms with Crippen molar-refractivity contribution >= 4 is 34.7 Å². The molecule has 1 aromatic heterocycles. The summed E-state index contributed by atoms with van der Waals surface area (Å²) in [6.45, 7) is 4.05. The van der Waals surface area contributed by atoms with Crippen LogP contribution < -0.4 is 5.32 Å². The molecule has 0 aliphatic carbocycles. The number of benzene rings is 2. The Morgan fingerprint density at radius 3 is 2.36 bits per heavy atom. The van der Waals surface area contributed by atoms with Crippen molar-refractivity contribution in [3.63, 3.8) is 0 Å². The predicted molar refractivity (Wildman–Crippen MR) is 116 cm³/mol. The fourth-order valence-electron chi connectivity index (χ4n) is 3.32. The summed E-state index contributed by atoms with van der Waals surface area (Å²) in [7, 11) is 0. The maximum Gasteiger partial charge on any atom is 0.159 e. The number of carbonyl (C=O) groups excluding carboxylic acids is 1. The van der Waals surface area contributed by atoms with Gasteiger partial charge in [0.2, 0.25) is 0 Å². The molecule has 0 aliphatic heterocycles. The zero-order valence-electron chi connectivity index (χ0n) is 15.9. The summed E-state index contributed by atoms with van der Waals surface area (Å²) in [6, 6.07) is 14.7. The van der Waals surface area contributed by atoms with Crippen molar-refractivity contribution in [2.75, 3.05) is 5.32 Å². The second kappa shape index (κ2) is 9.22. The lowest BCUT2D eigenvalue weighted by molar-refractivity contribution is -0.119. The molecule has 1 N–H and O–H groups in total. The Morgan fingerprint density at radius 1 is 1.04 bits per heavy atom. The summed E-state index contributed by atoms with van der Waals surface area (Å²) in [5, 5.41) is 4.41. The van der Waals surface area contributed by atoms with Crippen LogP contribution in [0.15, 0.2) is 60.9 Å². The molecule has 0 spiro atoms. The number of carbonyl (C=O) groups is 1. The zero-order chi connectivity index (χ0) is 20.1. The van der Waals surface area contributed by atoms with Gasteiger partial charge in [0.15, 0.2) is 5.78 Å². The maximum atomic E-state index is 13.3. The molecule has 0 bridgehead atoms. The minimum Gasteiger partial charge on any atom is -0.370 e. The Kier molecular flexibility index (Phi) is 6.71. The molecule has 0 aliphatic rings. The van der Waals surface area contributed by atoms with E-state index < -0.39 is 6.04 Å². The standard InChI is InChI=1S/C23H22Cl2N2O/c1-15-4-3-5-16(2)22(15)23(27-20-8-7-18(24)14-19(20)25)21(28)9-6-17-10-12-26-13-11-17/h3-5,7-8,10-14,23,27H,6,9H2,1-2H3. The number of nitrogens with zero attached hydrogens (tertiary/aromatic N) is 1. The smallest absolute Gasteiger partial charge is 0.159 e. The Bertz CT molecular complexity index is 953. The number of nitrogens with one attached hydrogen (secondary N) is 1. The van der Waals surface area contributed by atoms with Crippen molar-refractivity contribution in [2.45, 2.75) is 32.7 Å². The third-order valence-electron chi connectivity index (χ3n) is 4.79. The summed E-state index contributed by atoms with van der Waals surface area (Å²) in [4.78, 5) is 17.3. The molecule has 0 amide bonds. The van der Waals surface area contributed by atoms with Gasteiger partial charge in [0.05, 0.1) is 10.7 Å². The quantitative estimate of drug-likeness (QED) is 0.490. The van der Waals surface area contributed by atoms with E-state index in [0.717, 1.165) is 22.3 Å². The van der Waals surface area contributed by atoms with E-state index in [1.165, 1.54) is 0 Å². The van der Waals surface area contributed by atoms with Gasteiger partial charge in [-0.05, 0) is 72.9 Å². The number of ketones is 1. The van der Waals surface area contributed by atoms with Gasteiger partial charge < -0.3 is 5.32 Å². The first-order chi connectivity index (χ1) is 13.5. The summed E-state index contributed by atoms with van der Waals surface area (Å²) in [5.74, 6) is 0.111. The molecule has 0 radical (unpaired) electrons. The number of rotatable bonds is 7. The number of halogens is 2. The van der Waals surface area contributed by atoms with Crippen LogP contribution in [0.1, 0.15) is 34.7 Å². The molecule has 3 aromatic rings. The highest BCUT2D eigenvalue weighted by atomic mass is 35.5. The third kappa shape index (κ3) is 4.92. The van der Waals surface area contributed by atoms with Gasteiger partial charge in [0.25, 0.3) is 0 Å². The molecule has 0 saturated heterocycles. The highest BCUT2D eigenvalue weighted by molar-refractivity contribution is 6.36. The normalized spacial score (nSPS) is 11.9. The molecule has 3 rings (SSSR count). The third-order valence-corrected chi connectivity index (χ3v) is 5.34. The van der Waals surface area contributed by atoms with E-state index in [0.29, 0.717) is 28.6 Å². The average molecular weight is 413 g/mol. The van der Waals surface area contributed by atoms with Gasteiger partial charge in [-0.15, -0.1) is 0 Å². The molecular formula is C23H22Cl2N2O. The van der Waals surface area contributed by atoms with Crippen LogP contribution in [0.5, 0.6) is 0 Å². The number of pyridine rings is 1. The van der Waals surface area contributed by atoms with E-state index in [1.807, 2.05) is 44.2 Å². The van der Waals surface area contributed by atoms with Gasteiger partial charge in [0.1, 0.15) is 6.04 Å². The summed E-state index contributed by atoms with van der Waals surface area (Å²) >= 11 is 12.4. The SMILES string of the molecule is Cc1cccc(C)c1C(Nc1ccc(Cl)cc1Cl)C(=O)CCc1ccncc1. The van der Waals surface area contributed by atoms with E-state index in [1.54, 1.807) is 30.6 Å². The first kappa shape index (κ1) is 20.4. The number of aryl methyl sites for hydroxylation is 3. The van der Waals surface area contributed by atoms with Crippen LogP contribution in [-0.4, -0.2) is 10.8 Å². The Hall–Kier alpha value is -2.36. The number of hydrogen-bond donors (Lipinski definition) is 1. The summed E-state index contributed by atoms with van der Waals surface area (Å²) in [6.07, 6.45) is 4.57. The van der Waals surface area contributed by atoms with Crippen LogP contribution in [0.3, 0.4) is 0 Å². The van der Waals surface area contributed by atoms with Crippen LogP contribution in [0.4, 0.5) is 5.69 Å². The van der Waals surface area contributed by atoms with E-state index in [9.17, 15) is 4.79 Å². The van der Waals surface area contributed by atoms with Gasteiger partial charge in [-0.3, -0.25) is 9.78 Å². The van der Waals surface area contributed by atoms with Gasteiger partial charge in [-0.25, -0.2) is 0 Å². The molecule has 1 unspecified atom stereocenters. The Labute approximate surface area is 175 Å². The molecule has 2 aromatic carbocycles. The highest BCUT2D eigenvalue weighted by Crippen LogP contribution is 2.32. The molecule has 3 nitrogen and oxygen atoms in total. The maximum absolute atomic E-state index is 13.3. The molecule has 5 heteroatoms. The van der Waals surface area contributed by atoms with E-state index >= 15 is 0 Å². The topological polar surface area (TPSA) is 42.0 Å². The molecular weight excluding hydrogens is 391 g/mol. The van der Waals surface area contributed by atoms with E-state index in [4.69, 9.17) is 23.2 Å². The van der Waals surface area contributed by atoms with Crippen molar-refractivity contribution < 1.29 is 4.79 Å². The number of aromatic nitrogens is 1. The largest absolute Gasteiger partial charge is 0.370 e. The Morgan fingerprint density at radius 2 is 1.71 bits per heavy atom. The van der Waals surface area contributed by atoms with Gasteiger partial charge in [0, 0.05) is 23.8 Å². The number of Topliss-reactive ketones (excluding diaryl/α,β-unsaturated/α-hetero) is 1. The van der Waals surface area contributed by atoms with Crippen molar-refractivity contribution in [3.05, 3.63) is 93.2 Å². The molecule has 144 valence electrons. The monoisotopic (exact) mass is 412 g/mol. The average Bonchev–Trinajstić information content (AvgIpc) is 2.67. The fraction of sp³-hybridized carbons (Fsp3) is 0.217. The lowest BCUT2D eigenvalue weighted by atomic mass is 9.91. The first-order valence-corrected chi connectivity index (χ1v) is 9.90. The lowest BCUT2D eigenvalue weighted by Crippen LogP contribution is -2.23. The number of hydrogen-bond acceptors (Lipinski definition) is 3. The second-order valence-corrected chi connectivity index (χ2v) is 7.67. The van der Waals surface area contributed by atoms with Crippen molar-refractivity contribution in [2.24, 2.45) is 0 Å². The van der Waals surface area contributed by atoms with Crippen molar-refractivity contribution in [1.82, 2.24) is 4.98 Å². The van der Waals surface area contributed by atoms with Gasteiger partial charge >= 0.3 is 0 Å². The van der Waals surface area contributed by atoms with E-state index in [2.05, 4.69) is 10.3 Å². The van der Waals surface area contributed by atoms with Crippen LogP contribution in [-0.2, 0) is 11.2 Å². The van der Waals surface area contributed by atoms with Gasteiger partial charge in [-0.1, -0.05) is 41.4 Å². The molecule has 1 heterocycles. The number of anilines is 1. The predicted octanol–water partition coefficient (Wildman–Crippen LogP) is 6.36. The van der Waals surface area contributed by atoms with E-state index in [-0.39, 0.29) is 5.78 Å². The van der Waals surface area contributed by atoms with Crippen molar-refractivity contribution in [1.29, 1.82) is 0 Å². The highest BCUT2D eigenvalue weighted by Gasteiger charge is 2.24. The lowest BCUT2D eigenvalue weighted by Gasteiger charge is -2.24. The molecule has 28 heavy (non-hydrogen) atoms. The Balaban J connectivity index is 1.90. The minimum absolute atomic E-state index is 0.111.